The molecule has 0 spiro atoms. The average molecular weight is 215 g/mol. The molecule has 7 nitrogen and oxygen atoms in total. The second-order valence-corrected chi connectivity index (χ2v) is 3.76. The third-order valence-electron chi connectivity index (χ3n) is 1.41. The third kappa shape index (κ3) is 2.73. The molecular weight excluding hydrogens is 206 g/mol. The topological polar surface area (TPSA) is 134 Å². The van der Waals surface area contributed by atoms with Crippen LogP contribution in [0.4, 0.5) is 0 Å². The molecule has 0 saturated carbocycles. The number of nitrogens with zero attached hydrogens (tertiary/aromatic N) is 1. The summed E-state index contributed by atoms with van der Waals surface area (Å²) in [7, 11) is 0. The zero-order valence-electron chi connectivity index (χ0n) is 7.11. The molecule has 8 heteroatoms. The molecule has 2 amide bonds. The van der Waals surface area contributed by atoms with Crippen LogP contribution in [0.15, 0.2) is 4.99 Å². The molecule has 6 N–H and O–H groups in total. The molecule has 1 fully saturated rings. The number of imide groups is 1. The van der Waals surface area contributed by atoms with Crippen molar-refractivity contribution in [2.75, 3.05) is 0 Å². The fourth-order valence-electron chi connectivity index (χ4n) is 0.904. The second kappa shape index (κ2) is 4.09. The van der Waals surface area contributed by atoms with E-state index in [9.17, 15) is 9.59 Å². The van der Waals surface area contributed by atoms with Gasteiger partial charge in [-0.15, -0.1) is 0 Å². The number of aliphatic imine (C=N–C) groups is 1. The normalized spacial score (nSPS) is 20.4. The summed E-state index contributed by atoms with van der Waals surface area (Å²) >= 11 is 0.850. The molecule has 1 unspecified atom stereocenters. The molecule has 1 rings (SSSR count). The fourth-order valence-corrected chi connectivity index (χ4v) is 1.73. The van der Waals surface area contributed by atoms with Crippen LogP contribution in [-0.2, 0) is 9.59 Å². The van der Waals surface area contributed by atoms with Crippen LogP contribution in [0.1, 0.15) is 6.42 Å². The lowest BCUT2D eigenvalue weighted by Crippen LogP contribution is -2.25. The van der Waals surface area contributed by atoms with E-state index in [0.29, 0.717) is 0 Å². The largest absolute Gasteiger partial charge is 0.370 e. The van der Waals surface area contributed by atoms with Gasteiger partial charge in [0.1, 0.15) is 5.25 Å². The zero-order chi connectivity index (χ0) is 10.7. The molecule has 0 aliphatic carbocycles. The van der Waals surface area contributed by atoms with E-state index in [1.165, 1.54) is 0 Å². The van der Waals surface area contributed by atoms with Crippen molar-refractivity contribution in [2.45, 2.75) is 11.7 Å². The highest BCUT2D eigenvalue weighted by Crippen LogP contribution is 2.20. The van der Waals surface area contributed by atoms with E-state index in [0.717, 1.165) is 11.8 Å². The number of guanidine groups is 1. The number of nitrogens with two attached hydrogens (primary N) is 2. The number of hydrogen-bond donors (Lipinski definition) is 4. The summed E-state index contributed by atoms with van der Waals surface area (Å²) in [5, 5.41) is 8.60. The van der Waals surface area contributed by atoms with Crippen LogP contribution in [0.25, 0.3) is 0 Å². The lowest BCUT2D eigenvalue weighted by Gasteiger charge is -2.02. The van der Waals surface area contributed by atoms with Gasteiger partial charge in [-0.25, -0.2) is 0 Å². The molecule has 1 saturated heterocycles. The van der Waals surface area contributed by atoms with E-state index in [-0.39, 0.29) is 23.5 Å². The van der Waals surface area contributed by atoms with Gasteiger partial charge in [0, 0.05) is 6.42 Å². The summed E-state index contributed by atoms with van der Waals surface area (Å²) in [5.74, 6) is -0.993. The minimum Gasteiger partial charge on any atom is -0.370 e. The molecular formula is C6H9N5O2S. The Balaban J connectivity index is 2.53. The Labute approximate surface area is 83.8 Å². The number of rotatable bonds is 1. The zero-order valence-corrected chi connectivity index (χ0v) is 7.93. The smallest absolute Gasteiger partial charge is 0.240 e. The van der Waals surface area contributed by atoms with E-state index in [1.807, 2.05) is 0 Å². The third-order valence-corrected chi connectivity index (χ3v) is 2.39. The van der Waals surface area contributed by atoms with E-state index in [1.54, 1.807) is 0 Å². The number of nitrogens with one attached hydrogen (secondary N) is 2. The standard InChI is InChI=1S/C6H9N5O2S/c7-5(8)11-6(9)14-2-1-3(12)10-4(2)13/h2H,1H2,(H,10,12,13)(H5,7,8,9,11). The minimum absolute atomic E-state index is 0.0614. The van der Waals surface area contributed by atoms with Gasteiger partial charge >= 0.3 is 0 Å². The van der Waals surface area contributed by atoms with Gasteiger partial charge in [-0.2, -0.15) is 4.99 Å². The molecule has 0 aromatic heterocycles. The van der Waals surface area contributed by atoms with Crippen LogP contribution in [0, 0.1) is 5.41 Å². The summed E-state index contributed by atoms with van der Waals surface area (Å²) in [6, 6.07) is 0. The highest BCUT2D eigenvalue weighted by Gasteiger charge is 2.32. The van der Waals surface area contributed by atoms with Gasteiger partial charge in [0.25, 0.3) is 0 Å². The van der Waals surface area contributed by atoms with E-state index in [2.05, 4.69) is 10.3 Å². The fraction of sp³-hybridized carbons (Fsp3) is 0.333. The molecule has 1 atom stereocenters. The summed E-state index contributed by atoms with van der Waals surface area (Å²) in [6.07, 6.45) is 0.0614. The van der Waals surface area contributed by atoms with Gasteiger partial charge < -0.3 is 11.5 Å². The van der Waals surface area contributed by atoms with Gasteiger partial charge in [-0.3, -0.25) is 20.3 Å². The predicted molar refractivity (Wildman–Crippen MR) is 52.7 cm³/mol. The number of carbonyl (C=O) groups is 2. The lowest BCUT2D eigenvalue weighted by atomic mass is 10.4. The van der Waals surface area contributed by atoms with Crippen molar-refractivity contribution in [3.63, 3.8) is 0 Å². The average Bonchev–Trinajstić information content (AvgIpc) is 2.28. The van der Waals surface area contributed by atoms with Crippen molar-refractivity contribution < 1.29 is 9.59 Å². The molecule has 0 bridgehead atoms. The summed E-state index contributed by atoms with van der Waals surface area (Å²) < 4.78 is 0. The van der Waals surface area contributed by atoms with Gasteiger partial charge in [0.05, 0.1) is 0 Å². The van der Waals surface area contributed by atoms with E-state index in [4.69, 9.17) is 16.9 Å². The molecule has 76 valence electrons. The van der Waals surface area contributed by atoms with Crippen molar-refractivity contribution in [3.8, 4) is 0 Å². The number of carbonyl (C=O) groups excluding carboxylic acids is 2. The molecule has 14 heavy (non-hydrogen) atoms. The molecule has 1 aliphatic heterocycles. The Kier molecular flexibility index (Phi) is 3.07. The molecule has 1 aliphatic rings. The summed E-state index contributed by atoms with van der Waals surface area (Å²) in [5.41, 5.74) is 10.1. The quantitative estimate of drug-likeness (QED) is 0.236. The van der Waals surface area contributed by atoms with Crippen molar-refractivity contribution in [1.29, 1.82) is 5.41 Å². The molecule has 0 aromatic carbocycles. The van der Waals surface area contributed by atoms with Crippen LogP contribution < -0.4 is 16.8 Å². The van der Waals surface area contributed by atoms with Crippen LogP contribution in [0.3, 0.4) is 0 Å². The predicted octanol–water partition coefficient (Wildman–Crippen LogP) is -1.66. The Bertz CT molecular complexity index is 322. The Morgan fingerprint density at radius 1 is 1.57 bits per heavy atom. The van der Waals surface area contributed by atoms with Crippen molar-refractivity contribution in [2.24, 2.45) is 16.5 Å². The highest BCUT2D eigenvalue weighted by molar-refractivity contribution is 8.14. The van der Waals surface area contributed by atoms with Gasteiger partial charge in [-0.1, -0.05) is 11.8 Å². The van der Waals surface area contributed by atoms with Crippen molar-refractivity contribution in [3.05, 3.63) is 0 Å². The SMILES string of the molecule is N=C(N=C(N)N)SC1CC(=O)NC1=O. The van der Waals surface area contributed by atoms with Gasteiger partial charge in [0.2, 0.25) is 11.8 Å². The van der Waals surface area contributed by atoms with Crippen LogP contribution >= 0.6 is 11.8 Å². The van der Waals surface area contributed by atoms with Crippen LogP contribution in [0.2, 0.25) is 0 Å². The lowest BCUT2D eigenvalue weighted by molar-refractivity contribution is -0.124. The minimum atomic E-state index is -0.599. The van der Waals surface area contributed by atoms with Gasteiger partial charge in [0.15, 0.2) is 11.1 Å². The first-order valence-corrected chi connectivity index (χ1v) is 4.55. The number of amidine groups is 1. The van der Waals surface area contributed by atoms with Crippen molar-refractivity contribution >= 4 is 34.7 Å². The first kappa shape index (κ1) is 10.5. The van der Waals surface area contributed by atoms with E-state index >= 15 is 0 Å². The Morgan fingerprint density at radius 3 is 2.64 bits per heavy atom. The van der Waals surface area contributed by atoms with Crippen LogP contribution in [-0.4, -0.2) is 28.2 Å². The number of amides is 2. The Hall–Kier alpha value is -1.57. The molecule has 0 radical (unpaired) electrons. The number of thioether (sulfide) groups is 1. The van der Waals surface area contributed by atoms with E-state index < -0.39 is 11.2 Å². The summed E-state index contributed by atoms with van der Waals surface area (Å²) in [4.78, 5) is 25.2. The number of hydrogen-bond acceptors (Lipinski definition) is 4. The van der Waals surface area contributed by atoms with Crippen molar-refractivity contribution in [1.82, 2.24) is 5.32 Å². The first-order valence-electron chi connectivity index (χ1n) is 3.67. The second-order valence-electron chi connectivity index (χ2n) is 2.56. The maximum absolute atomic E-state index is 11.0. The molecule has 1 heterocycles. The molecule has 0 aromatic rings. The first-order chi connectivity index (χ1) is 6.49. The summed E-state index contributed by atoms with van der Waals surface area (Å²) in [6.45, 7) is 0. The Morgan fingerprint density at radius 2 is 2.21 bits per heavy atom. The highest BCUT2D eigenvalue weighted by atomic mass is 32.2. The maximum atomic E-state index is 11.0. The van der Waals surface area contributed by atoms with Crippen LogP contribution in [0.5, 0.6) is 0 Å². The maximum Gasteiger partial charge on any atom is 0.240 e. The van der Waals surface area contributed by atoms with Gasteiger partial charge in [-0.05, 0) is 0 Å². The monoisotopic (exact) mass is 215 g/mol.